The molecule has 2 heteroatoms. The summed E-state index contributed by atoms with van der Waals surface area (Å²) in [5.41, 5.74) is 0. The maximum absolute atomic E-state index is 9.41. The Balaban J connectivity index is 2.63. The average molecular weight is 158 g/mol. The lowest BCUT2D eigenvalue weighted by Gasteiger charge is -2.40. The van der Waals surface area contributed by atoms with E-state index in [0.717, 1.165) is 0 Å². The van der Waals surface area contributed by atoms with Gasteiger partial charge >= 0.3 is 0 Å². The van der Waals surface area contributed by atoms with Gasteiger partial charge in [0.25, 0.3) is 0 Å². The van der Waals surface area contributed by atoms with Crippen LogP contribution in [0.1, 0.15) is 27.7 Å². The molecule has 11 heavy (non-hydrogen) atoms. The molecule has 66 valence electrons. The first-order chi connectivity index (χ1) is 5.04. The highest BCUT2D eigenvalue weighted by Crippen LogP contribution is 2.33. The molecule has 1 fully saturated rings. The predicted octanol–water partition coefficient (Wildman–Crippen LogP) is 1.63. The average Bonchev–Trinajstić information content (AvgIpc) is 1.97. The summed E-state index contributed by atoms with van der Waals surface area (Å²) in [5.74, 6) is 1.36. The summed E-state index contributed by atoms with van der Waals surface area (Å²) in [6.07, 6.45) is -0.368. The van der Waals surface area contributed by atoms with Crippen LogP contribution in [0.5, 0.6) is 0 Å². The van der Waals surface area contributed by atoms with Gasteiger partial charge in [0.05, 0.1) is 6.10 Å². The molecule has 0 bridgehead atoms. The van der Waals surface area contributed by atoms with Gasteiger partial charge in [-0.2, -0.15) is 0 Å². The largest absolute Gasteiger partial charge is 0.368 e. The second-order valence-electron chi connectivity index (χ2n) is 3.81. The second-order valence-corrected chi connectivity index (χ2v) is 3.81. The highest BCUT2D eigenvalue weighted by atomic mass is 16.6. The molecule has 1 rings (SSSR count). The highest BCUT2D eigenvalue weighted by Gasteiger charge is 2.35. The fourth-order valence-corrected chi connectivity index (χ4v) is 1.63. The summed E-state index contributed by atoms with van der Waals surface area (Å²) >= 11 is 0. The highest BCUT2D eigenvalue weighted by molar-refractivity contribution is 4.79. The second kappa shape index (κ2) is 3.11. The van der Waals surface area contributed by atoms with Crippen molar-refractivity contribution in [2.24, 2.45) is 17.8 Å². The van der Waals surface area contributed by atoms with E-state index in [2.05, 4.69) is 13.8 Å². The number of hydrogen-bond donors (Lipinski definition) is 1. The van der Waals surface area contributed by atoms with Crippen molar-refractivity contribution in [2.75, 3.05) is 0 Å². The minimum atomic E-state index is -0.559. The van der Waals surface area contributed by atoms with Gasteiger partial charge < -0.3 is 9.84 Å². The van der Waals surface area contributed by atoms with E-state index in [1.54, 1.807) is 0 Å². The van der Waals surface area contributed by atoms with E-state index in [1.165, 1.54) is 0 Å². The maximum Gasteiger partial charge on any atom is 0.157 e. The molecule has 1 N–H and O–H groups in total. The minimum Gasteiger partial charge on any atom is -0.368 e. The van der Waals surface area contributed by atoms with E-state index >= 15 is 0 Å². The standard InChI is InChI=1S/C9H18O2/c1-5-6(2)8(4)11-9(10)7(5)3/h5-10H,1-4H3/t5-,6-,7+,8+,9-/m0/s1. The van der Waals surface area contributed by atoms with E-state index in [1.807, 2.05) is 13.8 Å². The van der Waals surface area contributed by atoms with Crippen LogP contribution >= 0.6 is 0 Å². The van der Waals surface area contributed by atoms with Gasteiger partial charge in [0.15, 0.2) is 6.29 Å². The third kappa shape index (κ3) is 1.57. The fraction of sp³-hybridized carbons (Fsp3) is 1.00. The van der Waals surface area contributed by atoms with Crippen LogP contribution in [0.15, 0.2) is 0 Å². The summed E-state index contributed by atoms with van der Waals surface area (Å²) in [5, 5.41) is 9.41. The molecule has 0 spiro atoms. The molecule has 1 aliphatic heterocycles. The minimum absolute atomic E-state index is 0.191. The molecular formula is C9H18O2. The van der Waals surface area contributed by atoms with Crippen molar-refractivity contribution in [1.29, 1.82) is 0 Å². The molecule has 5 atom stereocenters. The molecule has 1 saturated heterocycles. The Morgan fingerprint density at radius 3 is 2.00 bits per heavy atom. The summed E-state index contributed by atoms with van der Waals surface area (Å²) in [7, 11) is 0. The molecule has 0 saturated carbocycles. The lowest BCUT2D eigenvalue weighted by molar-refractivity contribution is -0.219. The van der Waals surface area contributed by atoms with Crippen molar-refractivity contribution < 1.29 is 9.84 Å². The van der Waals surface area contributed by atoms with Gasteiger partial charge in [-0.1, -0.05) is 20.8 Å². The fourth-order valence-electron chi connectivity index (χ4n) is 1.63. The zero-order valence-corrected chi connectivity index (χ0v) is 7.74. The van der Waals surface area contributed by atoms with E-state index < -0.39 is 6.29 Å². The number of hydrogen-bond acceptors (Lipinski definition) is 2. The molecule has 2 nitrogen and oxygen atoms in total. The van der Waals surface area contributed by atoms with Crippen LogP contribution in [-0.4, -0.2) is 17.5 Å². The van der Waals surface area contributed by atoms with Gasteiger partial charge in [0, 0.05) is 5.92 Å². The Morgan fingerprint density at radius 1 is 0.909 bits per heavy atom. The number of ether oxygens (including phenoxy) is 1. The molecule has 0 aliphatic carbocycles. The molecule has 1 aliphatic rings. The van der Waals surface area contributed by atoms with Crippen LogP contribution in [0, 0.1) is 17.8 Å². The molecular weight excluding hydrogens is 140 g/mol. The normalized spacial score (nSPS) is 52.6. The quantitative estimate of drug-likeness (QED) is 0.580. The molecule has 0 aromatic carbocycles. The zero-order chi connectivity index (χ0) is 8.59. The van der Waals surface area contributed by atoms with Crippen LogP contribution in [-0.2, 0) is 4.74 Å². The monoisotopic (exact) mass is 158 g/mol. The third-order valence-electron chi connectivity index (χ3n) is 3.20. The van der Waals surface area contributed by atoms with E-state index in [0.29, 0.717) is 11.8 Å². The number of rotatable bonds is 0. The summed E-state index contributed by atoms with van der Waals surface area (Å²) in [6, 6.07) is 0. The van der Waals surface area contributed by atoms with Crippen molar-refractivity contribution >= 4 is 0 Å². The summed E-state index contributed by atoms with van der Waals surface area (Å²) in [4.78, 5) is 0. The predicted molar refractivity (Wildman–Crippen MR) is 44.0 cm³/mol. The van der Waals surface area contributed by atoms with Crippen LogP contribution in [0.25, 0.3) is 0 Å². The third-order valence-corrected chi connectivity index (χ3v) is 3.20. The van der Waals surface area contributed by atoms with E-state index in [4.69, 9.17) is 4.74 Å². The van der Waals surface area contributed by atoms with E-state index in [-0.39, 0.29) is 12.0 Å². The lowest BCUT2D eigenvalue weighted by Crippen LogP contribution is -2.43. The number of aliphatic hydroxyl groups excluding tert-OH is 1. The Labute approximate surface area is 68.6 Å². The van der Waals surface area contributed by atoms with Crippen LogP contribution in [0.3, 0.4) is 0 Å². The van der Waals surface area contributed by atoms with Crippen LogP contribution in [0.4, 0.5) is 0 Å². The molecule has 0 radical (unpaired) electrons. The Hall–Kier alpha value is -0.0800. The summed E-state index contributed by atoms with van der Waals surface area (Å²) in [6.45, 7) is 8.42. The number of aliphatic hydroxyl groups is 1. The van der Waals surface area contributed by atoms with Gasteiger partial charge in [0.2, 0.25) is 0 Å². The van der Waals surface area contributed by atoms with Crippen molar-refractivity contribution in [2.45, 2.75) is 40.1 Å². The van der Waals surface area contributed by atoms with Crippen molar-refractivity contribution in [3.8, 4) is 0 Å². The van der Waals surface area contributed by atoms with Crippen molar-refractivity contribution in [1.82, 2.24) is 0 Å². The Morgan fingerprint density at radius 2 is 1.45 bits per heavy atom. The van der Waals surface area contributed by atoms with Crippen molar-refractivity contribution in [3.63, 3.8) is 0 Å². The zero-order valence-electron chi connectivity index (χ0n) is 7.74. The van der Waals surface area contributed by atoms with Crippen molar-refractivity contribution in [3.05, 3.63) is 0 Å². The Bertz CT molecular complexity index is 122. The van der Waals surface area contributed by atoms with Crippen LogP contribution < -0.4 is 0 Å². The first-order valence-electron chi connectivity index (χ1n) is 4.37. The molecule has 0 unspecified atom stereocenters. The Kier molecular flexibility index (Phi) is 2.55. The molecule has 0 aromatic heterocycles. The van der Waals surface area contributed by atoms with Gasteiger partial charge in [0.1, 0.15) is 0 Å². The molecule has 0 aromatic rings. The van der Waals surface area contributed by atoms with E-state index in [9.17, 15) is 5.11 Å². The molecule has 0 amide bonds. The SMILES string of the molecule is C[C@@H]1[C@@H](C)[C@@H](O)O[C@H](C)[C@H]1C. The maximum atomic E-state index is 9.41. The van der Waals surface area contributed by atoms with Gasteiger partial charge in [-0.25, -0.2) is 0 Å². The topological polar surface area (TPSA) is 29.5 Å². The lowest BCUT2D eigenvalue weighted by atomic mass is 9.79. The van der Waals surface area contributed by atoms with Crippen LogP contribution in [0.2, 0.25) is 0 Å². The smallest absolute Gasteiger partial charge is 0.157 e. The molecule has 1 heterocycles. The summed E-state index contributed by atoms with van der Waals surface area (Å²) < 4.78 is 5.34. The van der Waals surface area contributed by atoms with Gasteiger partial charge in [-0.05, 0) is 18.8 Å². The van der Waals surface area contributed by atoms with Gasteiger partial charge in [-0.15, -0.1) is 0 Å². The van der Waals surface area contributed by atoms with Gasteiger partial charge in [-0.3, -0.25) is 0 Å². The first-order valence-corrected chi connectivity index (χ1v) is 4.37. The first kappa shape index (κ1) is 9.01.